The summed E-state index contributed by atoms with van der Waals surface area (Å²) in [6, 6.07) is 1.29. The van der Waals surface area contributed by atoms with Crippen LogP contribution in [0.5, 0.6) is 0 Å². The molecule has 0 aliphatic carbocycles. The Morgan fingerprint density at radius 3 is 3.00 bits per heavy atom. The van der Waals surface area contributed by atoms with Crippen molar-refractivity contribution >= 4 is 17.2 Å². The van der Waals surface area contributed by atoms with Crippen LogP contribution in [-0.2, 0) is 18.4 Å². The van der Waals surface area contributed by atoms with E-state index < -0.39 is 5.69 Å². The van der Waals surface area contributed by atoms with Crippen molar-refractivity contribution in [3.63, 3.8) is 0 Å². The fourth-order valence-electron chi connectivity index (χ4n) is 2.82. The lowest BCUT2D eigenvalue weighted by molar-refractivity contribution is -0.133. The highest BCUT2D eigenvalue weighted by molar-refractivity contribution is 7.09. The maximum atomic E-state index is 12.5. The van der Waals surface area contributed by atoms with Crippen LogP contribution < -0.4 is 11.2 Å². The monoisotopic (exact) mass is 334 g/mol. The fourth-order valence-corrected chi connectivity index (χ4v) is 3.59. The number of hydrogen-bond donors (Lipinski definition) is 0. The summed E-state index contributed by atoms with van der Waals surface area (Å²) in [5.41, 5.74) is -0.847. The van der Waals surface area contributed by atoms with E-state index in [1.165, 1.54) is 23.9 Å². The first-order valence-electron chi connectivity index (χ1n) is 7.50. The van der Waals surface area contributed by atoms with Gasteiger partial charge in [-0.3, -0.25) is 18.7 Å². The second-order valence-electron chi connectivity index (χ2n) is 5.67. The molecule has 0 saturated carbocycles. The van der Waals surface area contributed by atoms with Gasteiger partial charge in [0.05, 0.1) is 5.01 Å². The quantitative estimate of drug-likeness (QED) is 0.814. The molecule has 2 aromatic heterocycles. The fraction of sp³-hybridized carbons (Fsp3) is 0.467. The summed E-state index contributed by atoms with van der Waals surface area (Å²) < 4.78 is 2.28. The Balaban J connectivity index is 1.72. The molecular formula is C15H18N4O3S. The summed E-state index contributed by atoms with van der Waals surface area (Å²) in [5.74, 6) is 0.163. The number of rotatable bonds is 3. The van der Waals surface area contributed by atoms with Crippen LogP contribution in [0.1, 0.15) is 23.8 Å². The Kier molecular flexibility index (Phi) is 4.42. The van der Waals surface area contributed by atoms with Gasteiger partial charge in [-0.05, 0) is 12.8 Å². The number of amides is 1. The molecule has 0 bridgehead atoms. The first-order chi connectivity index (χ1) is 11.1. The van der Waals surface area contributed by atoms with Crippen LogP contribution in [0.2, 0.25) is 0 Å². The second kappa shape index (κ2) is 6.49. The Labute approximate surface area is 136 Å². The van der Waals surface area contributed by atoms with Crippen molar-refractivity contribution in [2.75, 3.05) is 13.1 Å². The topological polar surface area (TPSA) is 77.2 Å². The van der Waals surface area contributed by atoms with E-state index in [-0.39, 0.29) is 23.9 Å². The summed E-state index contributed by atoms with van der Waals surface area (Å²) in [4.78, 5) is 42.0. The predicted molar refractivity (Wildman–Crippen MR) is 86.6 cm³/mol. The van der Waals surface area contributed by atoms with Crippen LogP contribution in [0, 0.1) is 0 Å². The van der Waals surface area contributed by atoms with Gasteiger partial charge in [0, 0.05) is 49.9 Å². The molecule has 1 saturated heterocycles. The van der Waals surface area contributed by atoms with Gasteiger partial charge < -0.3 is 4.90 Å². The number of aromatic nitrogens is 3. The number of carbonyl (C=O) groups excluding carboxylic acids is 1. The van der Waals surface area contributed by atoms with Crippen molar-refractivity contribution in [3.8, 4) is 0 Å². The highest BCUT2D eigenvalue weighted by Gasteiger charge is 2.26. The zero-order chi connectivity index (χ0) is 16.4. The summed E-state index contributed by atoms with van der Waals surface area (Å²) >= 11 is 1.61. The molecular weight excluding hydrogens is 316 g/mol. The molecule has 7 nitrogen and oxygen atoms in total. The van der Waals surface area contributed by atoms with E-state index in [0.29, 0.717) is 13.1 Å². The molecule has 122 valence electrons. The summed E-state index contributed by atoms with van der Waals surface area (Å²) in [6.07, 6.45) is 5.12. The third-order valence-electron chi connectivity index (χ3n) is 4.14. The largest absolute Gasteiger partial charge is 0.340 e. The van der Waals surface area contributed by atoms with E-state index in [9.17, 15) is 14.4 Å². The maximum absolute atomic E-state index is 12.5. The van der Waals surface area contributed by atoms with E-state index in [1.54, 1.807) is 22.4 Å². The van der Waals surface area contributed by atoms with E-state index in [0.717, 1.165) is 22.4 Å². The normalized spacial score (nSPS) is 18.1. The SMILES string of the molecule is Cn1c(=O)ccn(CC(=O)N2CCC[C@H](c3nccs3)C2)c1=O. The highest BCUT2D eigenvalue weighted by atomic mass is 32.1. The molecule has 2 aromatic rings. The number of hydrogen-bond acceptors (Lipinski definition) is 5. The molecule has 8 heteroatoms. The van der Waals surface area contributed by atoms with E-state index in [1.807, 2.05) is 5.38 Å². The van der Waals surface area contributed by atoms with Gasteiger partial charge in [-0.2, -0.15) is 0 Å². The third-order valence-corrected chi connectivity index (χ3v) is 5.08. The minimum atomic E-state index is -0.473. The molecule has 1 atom stereocenters. The second-order valence-corrected chi connectivity index (χ2v) is 6.60. The maximum Gasteiger partial charge on any atom is 0.331 e. The summed E-state index contributed by atoms with van der Waals surface area (Å²) in [7, 11) is 1.41. The number of thiazole rings is 1. The number of likely N-dealkylation sites (tertiary alicyclic amines) is 1. The van der Waals surface area contributed by atoms with Crippen molar-refractivity contribution in [2.24, 2.45) is 7.05 Å². The van der Waals surface area contributed by atoms with Crippen LogP contribution in [0.15, 0.2) is 33.4 Å². The summed E-state index contributed by atoms with van der Waals surface area (Å²) in [5, 5.41) is 3.00. The summed E-state index contributed by atoms with van der Waals surface area (Å²) in [6.45, 7) is 1.28. The van der Waals surface area contributed by atoms with Crippen LogP contribution in [0.25, 0.3) is 0 Å². The zero-order valence-electron chi connectivity index (χ0n) is 12.8. The molecule has 1 aliphatic rings. The minimum absolute atomic E-state index is 0.0441. The Bertz CT molecular complexity index is 809. The van der Waals surface area contributed by atoms with Crippen molar-refractivity contribution in [2.45, 2.75) is 25.3 Å². The molecule has 23 heavy (non-hydrogen) atoms. The first-order valence-corrected chi connectivity index (χ1v) is 8.38. The van der Waals surface area contributed by atoms with Gasteiger partial charge in [-0.1, -0.05) is 0 Å². The van der Waals surface area contributed by atoms with Crippen LogP contribution >= 0.6 is 11.3 Å². The lowest BCUT2D eigenvalue weighted by Crippen LogP contribution is -2.44. The first kappa shape index (κ1) is 15.7. The third kappa shape index (κ3) is 3.26. The highest BCUT2D eigenvalue weighted by Crippen LogP contribution is 2.28. The van der Waals surface area contributed by atoms with Gasteiger partial charge >= 0.3 is 5.69 Å². The van der Waals surface area contributed by atoms with Crippen molar-refractivity contribution < 1.29 is 4.79 Å². The molecule has 1 amide bonds. The lowest BCUT2D eigenvalue weighted by Gasteiger charge is -2.32. The van der Waals surface area contributed by atoms with Crippen LogP contribution in [0.3, 0.4) is 0 Å². The molecule has 3 rings (SSSR count). The number of piperidine rings is 1. The van der Waals surface area contributed by atoms with E-state index in [2.05, 4.69) is 4.98 Å². The van der Waals surface area contributed by atoms with E-state index >= 15 is 0 Å². The lowest BCUT2D eigenvalue weighted by atomic mass is 9.99. The predicted octanol–water partition coefficient (Wildman–Crippen LogP) is 0.410. The molecule has 0 spiro atoms. The molecule has 1 aliphatic heterocycles. The minimum Gasteiger partial charge on any atom is -0.340 e. The molecule has 0 N–H and O–H groups in total. The van der Waals surface area contributed by atoms with Gasteiger partial charge in [-0.25, -0.2) is 9.78 Å². The van der Waals surface area contributed by atoms with Gasteiger partial charge in [0.2, 0.25) is 5.91 Å². The van der Waals surface area contributed by atoms with Crippen molar-refractivity contribution in [1.82, 2.24) is 19.0 Å². The van der Waals surface area contributed by atoms with E-state index in [4.69, 9.17) is 0 Å². The van der Waals surface area contributed by atoms with Crippen LogP contribution in [-0.4, -0.2) is 38.0 Å². The van der Waals surface area contributed by atoms with Gasteiger partial charge in [0.1, 0.15) is 6.54 Å². The Hall–Kier alpha value is -2.22. The van der Waals surface area contributed by atoms with Crippen molar-refractivity contribution in [1.29, 1.82) is 0 Å². The Morgan fingerprint density at radius 1 is 1.43 bits per heavy atom. The molecule has 0 unspecified atom stereocenters. The standard InChI is InChI=1S/C15H18N4O3S/c1-17-12(20)4-7-19(15(17)22)10-13(21)18-6-2-3-11(9-18)14-16-5-8-23-14/h4-5,7-8,11H,2-3,6,9-10H2,1H3/t11-/m0/s1. The smallest absolute Gasteiger partial charge is 0.331 e. The van der Waals surface area contributed by atoms with Gasteiger partial charge in [0.25, 0.3) is 5.56 Å². The molecule has 1 fully saturated rings. The van der Waals surface area contributed by atoms with Crippen LogP contribution in [0.4, 0.5) is 0 Å². The van der Waals surface area contributed by atoms with Gasteiger partial charge in [-0.15, -0.1) is 11.3 Å². The average molecular weight is 334 g/mol. The molecule has 0 aromatic carbocycles. The number of nitrogens with zero attached hydrogens (tertiary/aromatic N) is 4. The van der Waals surface area contributed by atoms with Crippen molar-refractivity contribution in [3.05, 3.63) is 49.7 Å². The zero-order valence-corrected chi connectivity index (χ0v) is 13.7. The van der Waals surface area contributed by atoms with Gasteiger partial charge in [0.15, 0.2) is 0 Å². The Morgan fingerprint density at radius 2 is 2.26 bits per heavy atom. The average Bonchev–Trinajstić information content (AvgIpc) is 3.10. The molecule has 3 heterocycles. The number of carbonyl (C=O) groups is 1. The molecule has 0 radical (unpaired) electrons.